The molecule has 0 radical (unpaired) electrons. The van der Waals surface area contributed by atoms with Gasteiger partial charge in [-0.05, 0) is 116 Å². The van der Waals surface area contributed by atoms with Gasteiger partial charge < -0.3 is 9.13 Å². The first-order valence-electron chi connectivity index (χ1n) is 22.7. The summed E-state index contributed by atoms with van der Waals surface area (Å²) in [4.78, 5) is 0. The molecule has 2 aromatic heterocycles. The standard InChI is InChI=1S/C57H40N2/c1-57(2)50-31-30-43(36-49(50)56-44(20-13-21-51(56)57)39-16-7-4-8-17-39)59-53-23-12-10-19-46(53)48-35-41(27-33-55(48)59)40-26-32-54-47(34-40)45-18-9-11-22-52(45)58(54)42-28-24-38(25-29-42)37-14-5-3-6-15-37/h3-36H,1-2H3/i4D,7D,8D,16D,17D. The molecule has 2 heteroatoms. The topological polar surface area (TPSA) is 9.86 Å². The Bertz CT molecular complexity index is 3720. The van der Waals surface area contributed by atoms with Crippen LogP contribution in [0.4, 0.5) is 0 Å². The van der Waals surface area contributed by atoms with Crippen LogP contribution in [0.25, 0.3) is 99.5 Å². The lowest BCUT2D eigenvalue weighted by Crippen LogP contribution is -2.15. The second-order valence-electron chi connectivity index (χ2n) is 16.2. The Labute approximate surface area is 350 Å². The van der Waals surface area contributed by atoms with E-state index in [0.717, 1.165) is 72.1 Å². The zero-order chi connectivity index (χ0) is 43.6. The van der Waals surface area contributed by atoms with E-state index in [9.17, 15) is 0 Å². The van der Waals surface area contributed by atoms with Gasteiger partial charge in [0.1, 0.15) is 0 Å². The van der Waals surface area contributed by atoms with Crippen LogP contribution >= 0.6 is 0 Å². The molecular weight excluding hydrogens is 713 g/mol. The van der Waals surface area contributed by atoms with Crippen LogP contribution in [0, 0.1) is 0 Å². The largest absolute Gasteiger partial charge is 0.309 e. The van der Waals surface area contributed by atoms with Crippen molar-refractivity contribution in [3.8, 4) is 55.9 Å². The highest BCUT2D eigenvalue weighted by atomic mass is 15.0. The van der Waals surface area contributed by atoms with Gasteiger partial charge in [-0.3, -0.25) is 0 Å². The SMILES string of the molecule is [2H]c1c([2H])c([2H])c(-c2cccc3c2-c2cc(-n4c5ccccc5c5cc(-c6ccc7c(c6)c6ccccc6n7-c6ccc(-c7ccccc7)cc6)ccc54)ccc2C3(C)C)c([2H])c1[2H]. The predicted molar refractivity (Wildman–Crippen MR) is 249 cm³/mol. The number of para-hydroxylation sites is 2. The molecule has 0 atom stereocenters. The van der Waals surface area contributed by atoms with Gasteiger partial charge in [0.25, 0.3) is 0 Å². The first kappa shape index (κ1) is 28.9. The summed E-state index contributed by atoms with van der Waals surface area (Å²) in [5.74, 6) is 0. The van der Waals surface area contributed by atoms with Crippen LogP contribution in [0.2, 0.25) is 0 Å². The molecule has 1 aliphatic rings. The van der Waals surface area contributed by atoms with Crippen molar-refractivity contribution in [3.63, 3.8) is 0 Å². The molecule has 0 spiro atoms. The first-order valence-corrected chi connectivity index (χ1v) is 20.2. The molecule has 0 saturated heterocycles. The van der Waals surface area contributed by atoms with Gasteiger partial charge in [-0.1, -0.05) is 159 Å². The minimum Gasteiger partial charge on any atom is -0.309 e. The maximum Gasteiger partial charge on any atom is 0.0629 e. The average molecular weight is 758 g/mol. The zero-order valence-corrected chi connectivity index (χ0v) is 32.6. The van der Waals surface area contributed by atoms with Crippen molar-refractivity contribution in [1.29, 1.82) is 0 Å². The fourth-order valence-corrected chi connectivity index (χ4v) is 9.82. The Kier molecular flexibility index (Phi) is 6.27. The minimum atomic E-state index is -0.391. The molecule has 278 valence electrons. The van der Waals surface area contributed by atoms with E-state index in [1.807, 2.05) is 18.2 Å². The Morgan fingerprint density at radius 1 is 0.373 bits per heavy atom. The van der Waals surface area contributed by atoms with Crippen molar-refractivity contribution in [3.05, 3.63) is 217 Å². The van der Waals surface area contributed by atoms with Gasteiger partial charge in [0.15, 0.2) is 0 Å². The summed E-state index contributed by atoms with van der Waals surface area (Å²) in [7, 11) is 0. The number of benzene rings is 9. The number of rotatable bonds is 5. The van der Waals surface area contributed by atoms with E-state index < -0.39 is 6.04 Å². The third-order valence-electron chi connectivity index (χ3n) is 12.6. The molecule has 11 aromatic rings. The van der Waals surface area contributed by atoms with Crippen LogP contribution in [0.5, 0.6) is 0 Å². The highest BCUT2D eigenvalue weighted by Crippen LogP contribution is 2.53. The molecule has 2 nitrogen and oxygen atoms in total. The van der Waals surface area contributed by atoms with E-state index in [1.54, 1.807) is 0 Å². The van der Waals surface area contributed by atoms with Gasteiger partial charge in [-0.15, -0.1) is 0 Å². The minimum absolute atomic E-state index is 0.196. The third kappa shape index (κ3) is 5.06. The summed E-state index contributed by atoms with van der Waals surface area (Å²) < 4.78 is 47.7. The van der Waals surface area contributed by atoms with Crippen LogP contribution in [0.3, 0.4) is 0 Å². The van der Waals surface area contributed by atoms with Crippen molar-refractivity contribution in [1.82, 2.24) is 9.13 Å². The molecule has 59 heavy (non-hydrogen) atoms. The predicted octanol–water partition coefficient (Wildman–Crippen LogP) is 15.2. The van der Waals surface area contributed by atoms with E-state index in [1.165, 1.54) is 27.4 Å². The number of aromatic nitrogens is 2. The summed E-state index contributed by atoms with van der Waals surface area (Å²) in [5.41, 5.74) is 15.9. The molecule has 9 aromatic carbocycles. The van der Waals surface area contributed by atoms with E-state index in [-0.39, 0.29) is 35.1 Å². The second kappa shape index (κ2) is 12.8. The van der Waals surface area contributed by atoms with Gasteiger partial charge in [-0.2, -0.15) is 0 Å². The lowest BCUT2D eigenvalue weighted by Gasteiger charge is -2.22. The Hall–Kier alpha value is -7.42. The normalized spacial score (nSPS) is 14.2. The molecule has 0 N–H and O–H groups in total. The quantitative estimate of drug-likeness (QED) is 0.165. The van der Waals surface area contributed by atoms with Crippen LogP contribution < -0.4 is 0 Å². The second-order valence-corrected chi connectivity index (χ2v) is 16.2. The van der Waals surface area contributed by atoms with E-state index in [0.29, 0.717) is 5.56 Å². The lowest BCUT2D eigenvalue weighted by molar-refractivity contribution is 0.660. The first-order chi connectivity index (χ1) is 31.1. The van der Waals surface area contributed by atoms with Crippen LogP contribution in [-0.4, -0.2) is 9.13 Å². The maximum absolute atomic E-state index is 8.90. The van der Waals surface area contributed by atoms with Gasteiger partial charge in [0.05, 0.1) is 28.9 Å². The summed E-state index contributed by atoms with van der Waals surface area (Å²) in [6, 6.07) is 61.2. The van der Waals surface area contributed by atoms with Crippen molar-refractivity contribution in [2.24, 2.45) is 0 Å². The maximum atomic E-state index is 8.90. The molecule has 0 saturated carbocycles. The van der Waals surface area contributed by atoms with Crippen LogP contribution in [-0.2, 0) is 5.41 Å². The van der Waals surface area contributed by atoms with Crippen LogP contribution in [0.15, 0.2) is 206 Å². The van der Waals surface area contributed by atoms with Crippen LogP contribution in [0.1, 0.15) is 31.8 Å². The fourth-order valence-electron chi connectivity index (χ4n) is 9.82. The smallest absolute Gasteiger partial charge is 0.0629 e. The van der Waals surface area contributed by atoms with Gasteiger partial charge in [0, 0.05) is 38.3 Å². The molecule has 0 amide bonds. The summed E-state index contributed by atoms with van der Waals surface area (Å²) in [6.07, 6.45) is 0. The van der Waals surface area contributed by atoms with Gasteiger partial charge >= 0.3 is 0 Å². The van der Waals surface area contributed by atoms with Crippen molar-refractivity contribution >= 4 is 43.6 Å². The average Bonchev–Trinajstić information content (AvgIpc) is 3.93. The number of fused-ring (bicyclic) bond motifs is 9. The molecule has 0 aliphatic heterocycles. The van der Waals surface area contributed by atoms with E-state index in [4.69, 9.17) is 6.85 Å². The molecular formula is C57H40N2. The lowest BCUT2D eigenvalue weighted by atomic mass is 9.82. The van der Waals surface area contributed by atoms with E-state index >= 15 is 0 Å². The molecule has 0 unspecified atom stereocenters. The zero-order valence-electron chi connectivity index (χ0n) is 37.6. The third-order valence-corrected chi connectivity index (χ3v) is 12.6. The Balaban J connectivity index is 0.993. The number of hydrogen-bond donors (Lipinski definition) is 0. The van der Waals surface area contributed by atoms with Crippen molar-refractivity contribution in [2.45, 2.75) is 19.3 Å². The number of nitrogens with zero attached hydrogens (tertiary/aromatic N) is 2. The van der Waals surface area contributed by atoms with Gasteiger partial charge in [-0.25, -0.2) is 0 Å². The van der Waals surface area contributed by atoms with Crippen molar-refractivity contribution < 1.29 is 6.85 Å². The Morgan fingerprint density at radius 2 is 0.915 bits per heavy atom. The molecule has 12 rings (SSSR count). The number of hydrogen-bond acceptors (Lipinski definition) is 0. The Morgan fingerprint density at radius 3 is 1.58 bits per heavy atom. The van der Waals surface area contributed by atoms with Gasteiger partial charge in [0.2, 0.25) is 0 Å². The van der Waals surface area contributed by atoms with E-state index in [2.05, 4.69) is 181 Å². The molecule has 2 heterocycles. The molecule has 0 bridgehead atoms. The summed E-state index contributed by atoms with van der Waals surface area (Å²) >= 11 is 0. The summed E-state index contributed by atoms with van der Waals surface area (Å²) in [5, 5.41) is 4.71. The molecule has 1 aliphatic carbocycles. The molecule has 0 fully saturated rings. The highest BCUT2D eigenvalue weighted by molar-refractivity contribution is 6.13. The van der Waals surface area contributed by atoms with Crippen molar-refractivity contribution in [2.75, 3.05) is 0 Å². The summed E-state index contributed by atoms with van der Waals surface area (Å²) in [6.45, 7) is 4.40. The monoisotopic (exact) mass is 757 g/mol. The highest BCUT2D eigenvalue weighted by Gasteiger charge is 2.37. The fraction of sp³-hybridized carbons (Fsp3) is 0.0526.